The highest BCUT2D eigenvalue weighted by atomic mass is 19.4. The van der Waals surface area contributed by atoms with E-state index in [9.17, 15) is 18.0 Å². The molecule has 1 aliphatic rings. The van der Waals surface area contributed by atoms with Gasteiger partial charge in [-0.15, -0.1) is 0 Å². The standard InChI is InChI=1S/C17H19F3N4O/c18-17(19,20)14-6-1-4-12(10-14)16(25)22-11-13-5-2-7-21-15(13)24-9-3-8-23-24/h2-3,5,7-9,12,14H,1,4,6,10-11H2,(H,22,25)/t12-,14-/m0/s1. The number of hydrogen-bond acceptors (Lipinski definition) is 3. The predicted octanol–water partition coefficient (Wildman–Crippen LogP) is 3.25. The molecule has 5 nitrogen and oxygen atoms in total. The van der Waals surface area contributed by atoms with Crippen LogP contribution in [0.25, 0.3) is 5.82 Å². The normalized spacial score (nSPS) is 21.1. The number of pyridine rings is 1. The number of rotatable bonds is 4. The number of carbonyl (C=O) groups is 1. The lowest BCUT2D eigenvalue weighted by Crippen LogP contribution is -2.37. The zero-order chi connectivity index (χ0) is 17.9. The van der Waals surface area contributed by atoms with E-state index in [0.717, 1.165) is 5.56 Å². The van der Waals surface area contributed by atoms with Gasteiger partial charge in [-0.2, -0.15) is 18.3 Å². The van der Waals surface area contributed by atoms with Gasteiger partial charge in [0.15, 0.2) is 5.82 Å². The molecule has 2 aromatic heterocycles. The van der Waals surface area contributed by atoms with Crippen molar-refractivity contribution in [1.29, 1.82) is 0 Å². The summed E-state index contributed by atoms with van der Waals surface area (Å²) in [7, 11) is 0. The highest BCUT2D eigenvalue weighted by molar-refractivity contribution is 5.78. The number of nitrogens with zero attached hydrogens (tertiary/aromatic N) is 3. The maximum Gasteiger partial charge on any atom is 0.391 e. The first-order valence-electron chi connectivity index (χ1n) is 8.23. The summed E-state index contributed by atoms with van der Waals surface area (Å²) in [5.41, 5.74) is 0.753. The van der Waals surface area contributed by atoms with Gasteiger partial charge in [-0.25, -0.2) is 9.67 Å². The Hall–Kier alpha value is -2.38. The Bertz CT molecular complexity index is 715. The SMILES string of the molecule is O=C(NCc1cccnc1-n1cccn1)[C@H]1CCC[C@H](C(F)(F)F)C1. The number of aromatic nitrogens is 3. The van der Waals surface area contributed by atoms with Crippen molar-refractivity contribution in [3.8, 4) is 5.82 Å². The van der Waals surface area contributed by atoms with Crippen LogP contribution < -0.4 is 5.32 Å². The van der Waals surface area contributed by atoms with Crippen molar-refractivity contribution in [2.45, 2.75) is 38.4 Å². The molecule has 2 heterocycles. The molecule has 1 saturated carbocycles. The molecule has 0 unspecified atom stereocenters. The minimum absolute atomic E-state index is 0.110. The second-order valence-corrected chi connectivity index (χ2v) is 6.26. The molecular formula is C17H19F3N4O. The first-order valence-corrected chi connectivity index (χ1v) is 8.23. The van der Waals surface area contributed by atoms with Crippen LogP contribution in [0.1, 0.15) is 31.2 Å². The molecule has 25 heavy (non-hydrogen) atoms. The zero-order valence-corrected chi connectivity index (χ0v) is 13.5. The first-order chi connectivity index (χ1) is 11.9. The molecule has 2 atom stereocenters. The van der Waals surface area contributed by atoms with Gasteiger partial charge in [0.2, 0.25) is 5.91 Å². The lowest BCUT2D eigenvalue weighted by atomic mass is 9.80. The molecule has 0 aliphatic heterocycles. The smallest absolute Gasteiger partial charge is 0.352 e. The quantitative estimate of drug-likeness (QED) is 0.919. The molecular weight excluding hydrogens is 333 g/mol. The van der Waals surface area contributed by atoms with Gasteiger partial charge < -0.3 is 5.32 Å². The maximum absolute atomic E-state index is 12.9. The van der Waals surface area contributed by atoms with Crippen LogP contribution in [-0.2, 0) is 11.3 Å². The molecule has 1 aliphatic carbocycles. The van der Waals surface area contributed by atoms with Gasteiger partial charge in [-0.05, 0) is 31.4 Å². The number of halogens is 3. The summed E-state index contributed by atoms with van der Waals surface area (Å²) < 4.78 is 40.3. The molecule has 1 fully saturated rings. The molecule has 1 N–H and O–H groups in total. The molecule has 0 radical (unpaired) electrons. The molecule has 1 amide bonds. The number of alkyl halides is 3. The lowest BCUT2D eigenvalue weighted by molar-refractivity contribution is -0.186. The summed E-state index contributed by atoms with van der Waals surface area (Å²) in [5.74, 6) is -1.71. The van der Waals surface area contributed by atoms with E-state index in [1.54, 1.807) is 35.4 Å². The van der Waals surface area contributed by atoms with Crippen LogP contribution in [0.15, 0.2) is 36.8 Å². The van der Waals surface area contributed by atoms with E-state index in [1.165, 1.54) is 0 Å². The van der Waals surface area contributed by atoms with Crippen molar-refractivity contribution in [3.63, 3.8) is 0 Å². The Labute approximate surface area is 143 Å². The van der Waals surface area contributed by atoms with Crippen LogP contribution in [0.3, 0.4) is 0 Å². The molecule has 8 heteroatoms. The summed E-state index contributed by atoms with van der Waals surface area (Å²) in [4.78, 5) is 16.6. The van der Waals surface area contributed by atoms with Gasteiger partial charge in [0.25, 0.3) is 0 Å². The van der Waals surface area contributed by atoms with Gasteiger partial charge in [0, 0.05) is 36.6 Å². The first kappa shape index (κ1) is 17.4. The fourth-order valence-electron chi connectivity index (χ4n) is 3.22. The average molecular weight is 352 g/mol. The van der Waals surface area contributed by atoms with Crippen molar-refractivity contribution in [1.82, 2.24) is 20.1 Å². The van der Waals surface area contributed by atoms with E-state index in [0.29, 0.717) is 18.7 Å². The summed E-state index contributed by atoms with van der Waals surface area (Å²) in [5, 5.41) is 6.87. The summed E-state index contributed by atoms with van der Waals surface area (Å²) in [6.45, 7) is 0.203. The van der Waals surface area contributed by atoms with Crippen molar-refractivity contribution in [3.05, 3.63) is 42.4 Å². The average Bonchev–Trinajstić information content (AvgIpc) is 3.14. The summed E-state index contributed by atoms with van der Waals surface area (Å²) in [6.07, 6.45) is 1.66. The van der Waals surface area contributed by atoms with E-state index in [4.69, 9.17) is 0 Å². The van der Waals surface area contributed by atoms with Gasteiger partial charge in [-0.1, -0.05) is 12.5 Å². The van der Waals surface area contributed by atoms with Gasteiger partial charge >= 0.3 is 6.18 Å². The second-order valence-electron chi connectivity index (χ2n) is 6.26. The minimum Gasteiger partial charge on any atom is -0.352 e. The number of amides is 1. The Balaban J connectivity index is 1.63. The Kier molecular flexibility index (Phi) is 5.06. The fraction of sp³-hybridized carbons (Fsp3) is 0.471. The van der Waals surface area contributed by atoms with Gasteiger partial charge in [0.05, 0.1) is 5.92 Å². The molecule has 0 saturated heterocycles. The third kappa shape index (κ3) is 4.18. The summed E-state index contributed by atoms with van der Waals surface area (Å²) >= 11 is 0. The molecule has 3 rings (SSSR count). The van der Waals surface area contributed by atoms with Crippen LogP contribution in [0.2, 0.25) is 0 Å². The van der Waals surface area contributed by atoms with Crippen LogP contribution in [0.4, 0.5) is 13.2 Å². The Morgan fingerprint density at radius 3 is 2.84 bits per heavy atom. The topological polar surface area (TPSA) is 59.8 Å². The van der Waals surface area contributed by atoms with E-state index >= 15 is 0 Å². The largest absolute Gasteiger partial charge is 0.391 e. The minimum atomic E-state index is -4.23. The van der Waals surface area contributed by atoms with Crippen LogP contribution in [0, 0.1) is 11.8 Å². The Morgan fingerprint density at radius 1 is 1.28 bits per heavy atom. The zero-order valence-electron chi connectivity index (χ0n) is 13.5. The van der Waals surface area contributed by atoms with Crippen LogP contribution >= 0.6 is 0 Å². The van der Waals surface area contributed by atoms with Crippen LogP contribution in [-0.4, -0.2) is 26.8 Å². The Morgan fingerprint density at radius 2 is 2.12 bits per heavy atom. The number of nitrogens with one attached hydrogen (secondary N) is 1. The second kappa shape index (κ2) is 7.25. The van der Waals surface area contributed by atoms with E-state index < -0.39 is 18.0 Å². The highest BCUT2D eigenvalue weighted by Gasteiger charge is 2.43. The van der Waals surface area contributed by atoms with E-state index in [1.807, 2.05) is 6.07 Å². The lowest BCUT2D eigenvalue weighted by Gasteiger charge is -2.29. The summed E-state index contributed by atoms with van der Waals surface area (Å²) in [6, 6.07) is 5.31. The molecule has 0 bridgehead atoms. The van der Waals surface area contributed by atoms with Gasteiger partial charge in [-0.3, -0.25) is 4.79 Å². The maximum atomic E-state index is 12.9. The van der Waals surface area contributed by atoms with E-state index in [2.05, 4.69) is 15.4 Å². The monoisotopic (exact) mass is 352 g/mol. The highest BCUT2D eigenvalue weighted by Crippen LogP contribution is 2.39. The van der Waals surface area contributed by atoms with Gasteiger partial charge in [0.1, 0.15) is 0 Å². The van der Waals surface area contributed by atoms with E-state index in [-0.39, 0.29) is 25.3 Å². The van der Waals surface area contributed by atoms with Crippen molar-refractivity contribution in [2.75, 3.05) is 0 Å². The predicted molar refractivity (Wildman–Crippen MR) is 84.7 cm³/mol. The molecule has 0 aromatic carbocycles. The fourth-order valence-corrected chi connectivity index (χ4v) is 3.22. The third-order valence-corrected chi connectivity index (χ3v) is 4.55. The van der Waals surface area contributed by atoms with Crippen LogP contribution in [0.5, 0.6) is 0 Å². The van der Waals surface area contributed by atoms with Crippen molar-refractivity contribution in [2.24, 2.45) is 11.8 Å². The molecule has 134 valence electrons. The van der Waals surface area contributed by atoms with Crippen molar-refractivity contribution < 1.29 is 18.0 Å². The third-order valence-electron chi connectivity index (χ3n) is 4.55. The molecule has 2 aromatic rings. The number of hydrogen-bond donors (Lipinski definition) is 1. The number of carbonyl (C=O) groups excluding carboxylic acids is 1. The molecule has 0 spiro atoms. The van der Waals surface area contributed by atoms with Crippen molar-refractivity contribution >= 4 is 5.91 Å².